The fraction of sp³-hybridized carbons (Fsp3) is 0. The molecule has 1 aromatic carbocycles. The third-order valence-corrected chi connectivity index (χ3v) is 3.29. The lowest BCUT2D eigenvalue weighted by molar-refractivity contribution is 1.17. The maximum atomic E-state index is 6.17. The SMILES string of the molecule is Clc1cc(-c2cnccc2Cl)nc(-c2ccccc2)n1. The van der Waals surface area contributed by atoms with Gasteiger partial charge in [0.1, 0.15) is 5.15 Å². The van der Waals surface area contributed by atoms with Crippen molar-refractivity contribution in [2.75, 3.05) is 0 Å². The number of hydrogen-bond donors (Lipinski definition) is 0. The Balaban J connectivity index is 2.15. The van der Waals surface area contributed by atoms with Gasteiger partial charge in [-0.3, -0.25) is 4.98 Å². The summed E-state index contributed by atoms with van der Waals surface area (Å²) >= 11 is 12.3. The van der Waals surface area contributed by atoms with Gasteiger partial charge in [0.2, 0.25) is 0 Å². The summed E-state index contributed by atoms with van der Waals surface area (Å²) in [4.78, 5) is 12.8. The molecule has 20 heavy (non-hydrogen) atoms. The average Bonchev–Trinajstić information content (AvgIpc) is 2.48. The molecule has 0 aliphatic rings. The van der Waals surface area contributed by atoms with Crippen molar-refractivity contribution in [3.05, 3.63) is 65.0 Å². The monoisotopic (exact) mass is 301 g/mol. The number of rotatable bonds is 2. The molecular weight excluding hydrogens is 293 g/mol. The molecule has 0 fully saturated rings. The third-order valence-electron chi connectivity index (χ3n) is 2.77. The maximum absolute atomic E-state index is 6.17. The Hall–Kier alpha value is -1.97. The maximum Gasteiger partial charge on any atom is 0.161 e. The van der Waals surface area contributed by atoms with Crippen molar-refractivity contribution in [3.63, 3.8) is 0 Å². The number of hydrogen-bond acceptors (Lipinski definition) is 3. The largest absolute Gasteiger partial charge is 0.264 e. The molecule has 0 radical (unpaired) electrons. The minimum Gasteiger partial charge on any atom is -0.264 e. The molecule has 3 aromatic rings. The fourth-order valence-electron chi connectivity index (χ4n) is 1.84. The average molecular weight is 302 g/mol. The first kappa shape index (κ1) is 13.0. The van der Waals surface area contributed by atoms with Crippen LogP contribution in [0.4, 0.5) is 0 Å². The van der Waals surface area contributed by atoms with E-state index in [1.807, 2.05) is 30.3 Å². The molecule has 3 rings (SSSR count). The normalized spacial score (nSPS) is 10.5. The quantitative estimate of drug-likeness (QED) is 0.654. The second-order valence-electron chi connectivity index (χ2n) is 4.12. The predicted octanol–water partition coefficient (Wildman–Crippen LogP) is 4.51. The molecule has 2 heterocycles. The van der Waals surface area contributed by atoms with Gasteiger partial charge in [0.15, 0.2) is 5.82 Å². The van der Waals surface area contributed by atoms with Gasteiger partial charge >= 0.3 is 0 Å². The minimum atomic E-state index is 0.369. The number of halogens is 2. The summed E-state index contributed by atoms with van der Waals surface area (Å²) in [6, 6.07) is 13.0. The zero-order valence-electron chi connectivity index (χ0n) is 10.3. The van der Waals surface area contributed by atoms with Gasteiger partial charge in [-0.05, 0) is 6.07 Å². The van der Waals surface area contributed by atoms with E-state index in [0.29, 0.717) is 21.7 Å². The van der Waals surface area contributed by atoms with Gasteiger partial charge in [-0.25, -0.2) is 9.97 Å². The fourth-order valence-corrected chi connectivity index (χ4v) is 2.22. The summed E-state index contributed by atoms with van der Waals surface area (Å²) < 4.78 is 0. The van der Waals surface area contributed by atoms with Crippen LogP contribution in [0.3, 0.4) is 0 Å². The van der Waals surface area contributed by atoms with Crippen LogP contribution in [0.2, 0.25) is 10.2 Å². The lowest BCUT2D eigenvalue weighted by atomic mass is 10.2. The first-order valence-electron chi connectivity index (χ1n) is 5.94. The lowest BCUT2D eigenvalue weighted by Crippen LogP contribution is -1.93. The van der Waals surface area contributed by atoms with E-state index in [2.05, 4.69) is 15.0 Å². The van der Waals surface area contributed by atoms with Gasteiger partial charge in [0, 0.05) is 29.6 Å². The second-order valence-corrected chi connectivity index (χ2v) is 4.92. The van der Waals surface area contributed by atoms with E-state index in [9.17, 15) is 0 Å². The van der Waals surface area contributed by atoms with Gasteiger partial charge in [0.05, 0.1) is 10.7 Å². The van der Waals surface area contributed by atoms with Crippen LogP contribution in [-0.2, 0) is 0 Å². The first-order valence-corrected chi connectivity index (χ1v) is 6.69. The first-order chi connectivity index (χ1) is 9.74. The van der Waals surface area contributed by atoms with Crippen LogP contribution in [0.25, 0.3) is 22.6 Å². The highest BCUT2D eigenvalue weighted by atomic mass is 35.5. The molecule has 0 bridgehead atoms. The Kier molecular flexibility index (Phi) is 3.63. The zero-order valence-corrected chi connectivity index (χ0v) is 11.8. The highest BCUT2D eigenvalue weighted by Crippen LogP contribution is 2.28. The third kappa shape index (κ3) is 2.64. The summed E-state index contributed by atoms with van der Waals surface area (Å²) in [7, 11) is 0. The van der Waals surface area contributed by atoms with E-state index < -0.39 is 0 Å². The Bertz CT molecular complexity index is 745. The molecule has 0 saturated heterocycles. The van der Waals surface area contributed by atoms with Crippen LogP contribution in [0.1, 0.15) is 0 Å². The van der Waals surface area contributed by atoms with Crippen LogP contribution in [0, 0.1) is 0 Å². The van der Waals surface area contributed by atoms with Crippen LogP contribution in [-0.4, -0.2) is 15.0 Å². The number of benzene rings is 1. The molecule has 0 aliphatic heterocycles. The molecule has 5 heteroatoms. The number of pyridine rings is 1. The Labute approximate surface area is 126 Å². The van der Waals surface area contributed by atoms with E-state index in [1.165, 1.54) is 0 Å². The summed E-state index contributed by atoms with van der Waals surface area (Å²) in [5.41, 5.74) is 2.29. The predicted molar refractivity (Wildman–Crippen MR) is 80.7 cm³/mol. The van der Waals surface area contributed by atoms with Crippen molar-refractivity contribution in [3.8, 4) is 22.6 Å². The summed E-state index contributed by atoms with van der Waals surface area (Å²) in [5.74, 6) is 0.563. The lowest BCUT2D eigenvalue weighted by Gasteiger charge is -2.06. The van der Waals surface area contributed by atoms with E-state index in [-0.39, 0.29) is 0 Å². The summed E-state index contributed by atoms with van der Waals surface area (Å²) in [6.45, 7) is 0. The standard InChI is InChI=1S/C15H9Cl2N3/c16-12-6-7-18-9-11(12)13-8-14(17)20-15(19-13)10-4-2-1-3-5-10/h1-9H. The van der Waals surface area contributed by atoms with Crippen molar-refractivity contribution in [2.45, 2.75) is 0 Å². The summed E-state index contributed by atoms with van der Waals surface area (Å²) in [5, 5.41) is 0.947. The van der Waals surface area contributed by atoms with Gasteiger partial charge in [-0.2, -0.15) is 0 Å². The number of nitrogens with zero attached hydrogens (tertiary/aromatic N) is 3. The van der Waals surface area contributed by atoms with Crippen molar-refractivity contribution in [1.82, 2.24) is 15.0 Å². The molecule has 98 valence electrons. The van der Waals surface area contributed by atoms with Gasteiger partial charge in [0.25, 0.3) is 0 Å². The van der Waals surface area contributed by atoms with Crippen molar-refractivity contribution in [1.29, 1.82) is 0 Å². The Morgan fingerprint density at radius 1 is 0.900 bits per heavy atom. The molecule has 0 spiro atoms. The van der Waals surface area contributed by atoms with E-state index in [4.69, 9.17) is 23.2 Å². The van der Waals surface area contributed by atoms with E-state index in [1.54, 1.807) is 24.5 Å². The van der Waals surface area contributed by atoms with Crippen molar-refractivity contribution in [2.24, 2.45) is 0 Å². The van der Waals surface area contributed by atoms with Crippen LogP contribution in [0.5, 0.6) is 0 Å². The second kappa shape index (κ2) is 5.57. The Morgan fingerprint density at radius 2 is 1.70 bits per heavy atom. The molecular formula is C15H9Cl2N3. The molecule has 0 atom stereocenters. The van der Waals surface area contributed by atoms with E-state index in [0.717, 1.165) is 11.1 Å². The van der Waals surface area contributed by atoms with Crippen molar-refractivity contribution < 1.29 is 0 Å². The topological polar surface area (TPSA) is 38.7 Å². The molecule has 2 aromatic heterocycles. The zero-order chi connectivity index (χ0) is 13.9. The molecule has 0 saturated carbocycles. The van der Waals surface area contributed by atoms with Gasteiger partial charge in [-0.15, -0.1) is 0 Å². The highest BCUT2D eigenvalue weighted by Gasteiger charge is 2.10. The Morgan fingerprint density at radius 3 is 2.45 bits per heavy atom. The molecule has 0 N–H and O–H groups in total. The van der Waals surface area contributed by atoms with Gasteiger partial charge < -0.3 is 0 Å². The minimum absolute atomic E-state index is 0.369. The molecule has 3 nitrogen and oxygen atoms in total. The summed E-state index contributed by atoms with van der Waals surface area (Å²) in [6.07, 6.45) is 3.29. The van der Waals surface area contributed by atoms with E-state index >= 15 is 0 Å². The highest BCUT2D eigenvalue weighted by molar-refractivity contribution is 6.33. The molecule has 0 aliphatic carbocycles. The van der Waals surface area contributed by atoms with Crippen LogP contribution in [0.15, 0.2) is 54.9 Å². The van der Waals surface area contributed by atoms with Crippen molar-refractivity contribution >= 4 is 23.2 Å². The molecule has 0 unspecified atom stereocenters. The van der Waals surface area contributed by atoms with Gasteiger partial charge in [-0.1, -0.05) is 53.5 Å². The smallest absolute Gasteiger partial charge is 0.161 e. The van der Waals surface area contributed by atoms with Crippen LogP contribution < -0.4 is 0 Å². The number of aromatic nitrogens is 3. The van der Waals surface area contributed by atoms with Crippen LogP contribution >= 0.6 is 23.2 Å². The molecule has 0 amide bonds.